The van der Waals surface area contributed by atoms with E-state index < -0.39 is 0 Å². The SMILES string of the molecule is Cc1ccc(NC(=O)Nc2ccc(Br)c(C)c2)cc1Cl. The minimum absolute atomic E-state index is 0.299. The van der Waals surface area contributed by atoms with Crippen LogP contribution in [-0.4, -0.2) is 6.03 Å². The summed E-state index contributed by atoms with van der Waals surface area (Å²) in [5.74, 6) is 0. The van der Waals surface area contributed by atoms with Gasteiger partial charge in [0.25, 0.3) is 0 Å². The number of hydrogen-bond acceptors (Lipinski definition) is 1. The van der Waals surface area contributed by atoms with E-state index in [2.05, 4.69) is 26.6 Å². The van der Waals surface area contributed by atoms with Crippen molar-refractivity contribution in [2.24, 2.45) is 0 Å². The molecular weight excluding hydrogens is 340 g/mol. The van der Waals surface area contributed by atoms with Gasteiger partial charge in [0.1, 0.15) is 0 Å². The Morgan fingerprint density at radius 3 is 2.20 bits per heavy atom. The maximum absolute atomic E-state index is 11.9. The fraction of sp³-hybridized carbons (Fsp3) is 0.133. The number of amides is 2. The van der Waals surface area contributed by atoms with Gasteiger partial charge < -0.3 is 10.6 Å². The maximum atomic E-state index is 11.9. The van der Waals surface area contributed by atoms with Crippen molar-refractivity contribution in [2.75, 3.05) is 10.6 Å². The quantitative estimate of drug-likeness (QED) is 0.749. The first-order chi connectivity index (χ1) is 9.45. The molecule has 0 heterocycles. The monoisotopic (exact) mass is 352 g/mol. The van der Waals surface area contributed by atoms with Gasteiger partial charge in [-0.1, -0.05) is 33.6 Å². The molecule has 0 atom stereocenters. The van der Waals surface area contributed by atoms with Gasteiger partial charge in [-0.25, -0.2) is 4.79 Å². The van der Waals surface area contributed by atoms with Crippen LogP contribution in [0.1, 0.15) is 11.1 Å². The number of nitrogens with one attached hydrogen (secondary N) is 2. The molecule has 0 aromatic heterocycles. The topological polar surface area (TPSA) is 41.1 Å². The molecule has 0 aliphatic rings. The van der Waals surface area contributed by atoms with E-state index in [0.29, 0.717) is 10.7 Å². The van der Waals surface area contributed by atoms with E-state index in [1.807, 2.05) is 44.2 Å². The van der Waals surface area contributed by atoms with Crippen molar-refractivity contribution in [1.29, 1.82) is 0 Å². The average molecular weight is 354 g/mol. The first-order valence-electron chi connectivity index (χ1n) is 6.06. The summed E-state index contributed by atoms with van der Waals surface area (Å²) in [4.78, 5) is 11.9. The number of carbonyl (C=O) groups is 1. The van der Waals surface area contributed by atoms with E-state index in [9.17, 15) is 4.79 Å². The molecule has 3 nitrogen and oxygen atoms in total. The summed E-state index contributed by atoms with van der Waals surface area (Å²) in [7, 11) is 0. The van der Waals surface area contributed by atoms with Crippen LogP contribution >= 0.6 is 27.5 Å². The maximum Gasteiger partial charge on any atom is 0.323 e. The van der Waals surface area contributed by atoms with Crippen LogP contribution in [0.2, 0.25) is 5.02 Å². The lowest BCUT2D eigenvalue weighted by molar-refractivity contribution is 0.262. The number of anilines is 2. The van der Waals surface area contributed by atoms with Gasteiger partial charge in [-0.3, -0.25) is 0 Å². The number of halogens is 2. The Balaban J connectivity index is 2.04. The molecule has 2 amide bonds. The van der Waals surface area contributed by atoms with E-state index in [1.165, 1.54) is 0 Å². The molecule has 0 bridgehead atoms. The highest BCUT2D eigenvalue weighted by molar-refractivity contribution is 9.10. The number of benzene rings is 2. The summed E-state index contributed by atoms with van der Waals surface area (Å²) in [5, 5.41) is 6.15. The molecule has 0 aliphatic heterocycles. The zero-order valence-electron chi connectivity index (χ0n) is 11.1. The largest absolute Gasteiger partial charge is 0.323 e. The van der Waals surface area contributed by atoms with Crippen molar-refractivity contribution in [3.8, 4) is 0 Å². The van der Waals surface area contributed by atoms with Gasteiger partial charge in [-0.05, 0) is 55.3 Å². The third-order valence-corrected chi connectivity index (χ3v) is 4.14. The van der Waals surface area contributed by atoms with Crippen LogP contribution in [-0.2, 0) is 0 Å². The number of urea groups is 1. The Bertz CT molecular complexity index is 603. The summed E-state index contributed by atoms with van der Waals surface area (Å²) in [6.07, 6.45) is 0. The Kier molecular flexibility index (Phi) is 4.68. The van der Waals surface area contributed by atoms with Crippen molar-refractivity contribution in [3.05, 3.63) is 57.0 Å². The highest BCUT2D eigenvalue weighted by Crippen LogP contribution is 2.22. The molecule has 2 rings (SSSR count). The van der Waals surface area contributed by atoms with Gasteiger partial charge in [0.2, 0.25) is 0 Å². The molecule has 2 N–H and O–H groups in total. The fourth-order valence-corrected chi connectivity index (χ4v) is 2.11. The summed E-state index contributed by atoms with van der Waals surface area (Å²) in [6, 6.07) is 10.7. The van der Waals surface area contributed by atoms with Crippen LogP contribution in [0.5, 0.6) is 0 Å². The lowest BCUT2D eigenvalue weighted by Gasteiger charge is -2.09. The molecular formula is C15H14BrClN2O. The predicted octanol–water partition coefficient (Wildman–Crippen LogP) is 5.36. The molecule has 0 spiro atoms. The molecule has 0 fully saturated rings. The molecule has 2 aromatic rings. The third kappa shape index (κ3) is 3.74. The minimum Gasteiger partial charge on any atom is -0.308 e. The summed E-state index contributed by atoms with van der Waals surface area (Å²) < 4.78 is 1.01. The van der Waals surface area contributed by atoms with Crippen LogP contribution in [0, 0.1) is 13.8 Å². The lowest BCUT2D eigenvalue weighted by Crippen LogP contribution is -2.19. The van der Waals surface area contributed by atoms with Crippen molar-refractivity contribution < 1.29 is 4.79 Å². The molecule has 0 saturated carbocycles. The standard InChI is InChI=1S/C15H14BrClN2O/c1-9-3-4-12(8-14(9)17)19-15(20)18-11-5-6-13(16)10(2)7-11/h3-8H,1-2H3,(H2,18,19,20). The van der Waals surface area contributed by atoms with Crippen molar-refractivity contribution in [1.82, 2.24) is 0 Å². The highest BCUT2D eigenvalue weighted by atomic mass is 79.9. The minimum atomic E-state index is -0.299. The Labute approximate surface area is 131 Å². The Morgan fingerprint density at radius 2 is 1.60 bits per heavy atom. The first kappa shape index (κ1) is 14.9. The number of carbonyl (C=O) groups excluding carboxylic acids is 1. The molecule has 0 unspecified atom stereocenters. The van der Waals surface area contributed by atoms with Gasteiger partial charge >= 0.3 is 6.03 Å². The second-order valence-corrected chi connectivity index (χ2v) is 5.77. The third-order valence-electron chi connectivity index (χ3n) is 2.85. The van der Waals surface area contributed by atoms with Crippen LogP contribution in [0.3, 0.4) is 0 Å². The van der Waals surface area contributed by atoms with E-state index in [1.54, 1.807) is 6.07 Å². The summed E-state index contributed by atoms with van der Waals surface area (Å²) >= 11 is 9.44. The van der Waals surface area contributed by atoms with Gasteiger partial charge in [0, 0.05) is 20.9 Å². The van der Waals surface area contributed by atoms with E-state index in [-0.39, 0.29) is 6.03 Å². The zero-order chi connectivity index (χ0) is 14.7. The van der Waals surface area contributed by atoms with Crippen LogP contribution in [0.4, 0.5) is 16.2 Å². The van der Waals surface area contributed by atoms with Crippen molar-refractivity contribution >= 4 is 44.9 Å². The second-order valence-electron chi connectivity index (χ2n) is 4.51. The van der Waals surface area contributed by atoms with Crippen LogP contribution in [0.25, 0.3) is 0 Å². The van der Waals surface area contributed by atoms with E-state index in [0.717, 1.165) is 21.3 Å². The molecule has 0 aliphatic carbocycles. The molecule has 5 heteroatoms. The number of hydrogen-bond donors (Lipinski definition) is 2. The zero-order valence-corrected chi connectivity index (χ0v) is 13.5. The second kappa shape index (κ2) is 6.29. The average Bonchev–Trinajstić information content (AvgIpc) is 2.38. The normalized spacial score (nSPS) is 10.2. The van der Waals surface area contributed by atoms with Gasteiger partial charge in [0.05, 0.1) is 0 Å². The van der Waals surface area contributed by atoms with E-state index in [4.69, 9.17) is 11.6 Å². The van der Waals surface area contributed by atoms with E-state index >= 15 is 0 Å². The lowest BCUT2D eigenvalue weighted by atomic mass is 10.2. The van der Waals surface area contributed by atoms with Gasteiger partial charge in [0.15, 0.2) is 0 Å². The van der Waals surface area contributed by atoms with Crippen molar-refractivity contribution in [3.63, 3.8) is 0 Å². The smallest absolute Gasteiger partial charge is 0.308 e. The van der Waals surface area contributed by atoms with Gasteiger partial charge in [-0.15, -0.1) is 0 Å². The molecule has 0 saturated heterocycles. The first-order valence-corrected chi connectivity index (χ1v) is 7.23. The molecule has 0 radical (unpaired) electrons. The molecule has 2 aromatic carbocycles. The van der Waals surface area contributed by atoms with Crippen LogP contribution in [0.15, 0.2) is 40.9 Å². The fourth-order valence-electron chi connectivity index (χ4n) is 1.69. The van der Waals surface area contributed by atoms with Crippen LogP contribution < -0.4 is 10.6 Å². The Hall–Kier alpha value is -1.52. The number of aryl methyl sites for hydroxylation is 2. The molecule has 104 valence electrons. The predicted molar refractivity (Wildman–Crippen MR) is 87.7 cm³/mol. The van der Waals surface area contributed by atoms with Crippen molar-refractivity contribution in [2.45, 2.75) is 13.8 Å². The molecule has 20 heavy (non-hydrogen) atoms. The Morgan fingerprint density at radius 1 is 1.00 bits per heavy atom. The highest BCUT2D eigenvalue weighted by Gasteiger charge is 2.05. The summed E-state index contributed by atoms with van der Waals surface area (Å²) in [6.45, 7) is 3.88. The van der Waals surface area contributed by atoms with Gasteiger partial charge in [-0.2, -0.15) is 0 Å². The number of rotatable bonds is 2. The summed E-state index contributed by atoms with van der Waals surface area (Å²) in [5.41, 5.74) is 3.43.